The maximum atomic E-state index is 12.3. The molecule has 2 amide bonds. The number of aldehydes is 1. The summed E-state index contributed by atoms with van der Waals surface area (Å²) in [7, 11) is 0. The van der Waals surface area contributed by atoms with Crippen LogP contribution >= 0.6 is 0 Å². The molecule has 21 heavy (non-hydrogen) atoms. The van der Waals surface area contributed by atoms with E-state index in [4.69, 9.17) is 0 Å². The molecule has 0 aromatic carbocycles. The van der Waals surface area contributed by atoms with E-state index in [2.05, 4.69) is 10.6 Å². The molecule has 0 bridgehead atoms. The third-order valence-corrected chi connectivity index (χ3v) is 4.01. The number of hydrogen-bond acceptors (Lipinski definition) is 3. The fourth-order valence-corrected chi connectivity index (χ4v) is 2.97. The van der Waals surface area contributed by atoms with Gasteiger partial charge in [0.05, 0.1) is 6.04 Å². The first kappa shape index (κ1) is 17.7. The molecule has 2 N–H and O–H groups in total. The van der Waals surface area contributed by atoms with Crippen molar-refractivity contribution in [3.63, 3.8) is 0 Å². The zero-order valence-electron chi connectivity index (χ0n) is 13.4. The van der Waals surface area contributed by atoms with Crippen molar-refractivity contribution < 1.29 is 14.4 Å². The van der Waals surface area contributed by atoms with Gasteiger partial charge < -0.3 is 15.4 Å². The van der Waals surface area contributed by atoms with Crippen molar-refractivity contribution >= 4 is 18.1 Å². The molecule has 2 atom stereocenters. The lowest BCUT2D eigenvalue weighted by Crippen LogP contribution is -2.52. The number of nitrogens with one attached hydrogen (secondary N) is 2. The summed E-state index contributed by atoms with van der Waals surface area (Å²) in [6.45, 7) is 5.40. The van der Waals surface area contributed by atoms with Gasteiger partial charge >= 0.3 is 0 Å². The highest BCUT2D eigenvalue weighted by atomic mass is 16.2. The monoisotopic (exact) mass is 296 g/mol. The lowest BCUT2D eigenvalue weighted by molar-refractivity contribution is -0.130. The molecule has 0 heterocycles. The molecule has 0 aromatic heterocycles. The second-order valence-electron chi connectivity index (χ2n) is 6.45. The first-order valence-electron chi connectivity index (χ1n) is 7.96. The molecule has 1 fully saturated rings. The fraction of sp³-hybridized carbons (Fsp3) is 0.812. The quantitative estimate of drug-likeness (QED) is 0.703. The van der Waals surface area contributed by atoms with Gasteiger partial charge in [0.15, 0.2) is 0 Å². The minimum absolute atomic E-state index is 0.226. The zero-order valence-corrected chi connectivity index (χ0v) is 13.4. The molecule has 5 heteroatoms. The summed E-state index contributed by atoms with van der Waals surface area (Å²) in [5.74, 6) is 0.0480. The maximum absolute atomic E-state index is 12.3. The normalized spacial score (nSPS) is 18.9. The molecule has 1 saturated carbocycles. The van der Waals surface area contributed by atoms with Gasteiger partial charge in [-0.15, -0.1) is 0 Å². The number of carbonyl (C=O) groups excluding carboxylic acids is 3. The summed E-state index contributed by atoms with van der Waals surface area (Å²) in [4.78, 5) is 34.9. The summed E-state index contributed by atoms with van der Waals surface area (Å²) in [5, 5.41) is 5.50. The largest absolute Gasteiger partial charge is 0.345 e. The van der Waals surface area contributed by atoms with Crippen LogP contribution in [0.3, 0.4) is 0 Å². The van der Waals surface area contributed by atoms with Crippen molar-refractivity contribution in [2.24, 2.45) is 11.8 Å². The predicted molar refractivity (Wildman–Crippen MR) is 81.6 cm³/mol. The van der Waals surface area contributed by atoms with Crippen molar-refractivity contribution in [3.05, 3.63) is 0 Å². The second kappa shape index (κ2) is 8.80. The molecular formula is C16H28N2O3. The van der Waals surface area contributed by atoms with Gasteiger partial charge in [0.25, 0.3) is 0 Å². The molecule has 1 rings (SSSR count). The van der Waals surface area contributed by atoms with Crippen LogP contribution in [-0.2, 0) is 14.4 Å². The Labute approximate surface area is 127 Å². The average Bonchev–Trinajstić information content (AvgIpc) is 2.43. The van der Waals surface area contributed by atoms with E-state index in [0.717, 1.165) is 32.0 Å². The van der Waals surface area contributed by atoms with Gasteiger partial charge in [-0.2, -0.15) is 0 Å². The van der Waals surface area contributed by atoms with E-state index >= 15 is 0 Å². The SMILES string of the molecule is CC(=O)N[C@@H](CC(C)C)C(=O)N[C@H](C=O)C1CCCCC1. The molecule has 5 nitrogen and oxygen atoms in total. The highest BCUT2D eigenvalue weighted by molar-refractivity contribution is 5.88. The van der Waals surface area contributed by atoms with Crippen LogP contribution < -0.4 is 10.6 Å². The summed E-state index contributed by atoms with van der Waals surface area (Å²) >= 11 is 0. The molecule has 1 aliphatic rings. The van der Waals surface area contributed by atoms with Crippen LogP contribution in [0.25, 0.3) is 0 Å². The van der Waals surface area contributed by atoms with Crippen LogP contribution in [-0.4, -0.2) is 30.2 Å². The summed E-state index contributed by atoms with van der Waals surface area (Å²) in [6, 6.07) is -0.991. The molecule has 1 aliphatic carbocycles. The van der Waals surface area contributed by atoms with Crippen LogP contribution in [0.2, 0.25) is 0 Å². The van der Waals surface area contributed by atoms with Crippen LogP contribution in [0.4, 0.5) is 0 Å². The topological polar surface area (TPSA) is 75.3 Å². The third-order valence-electron chi connectivity index (χ3n) is 4.01. The van der Waals surface area contributed by atoms with Gasteiger partial charge in [0, 0.05) is 6.92 Å². The lowest BCUT2D eigenvalue weighted by atomic mass is 9.84. The summed E-state index contributed by atoms with van der Waals surface area (Å²) in [6.07, 6.45) is 6.82. The summed E-state index contributed by atoms with van der Waals surface area (Å²) < 4.78 is 0. The highest BCUT2D eigenvalue weighted by Crippen LogP contribution is 2.26. The van der Waals surface area contributed by atoms with Crippen LogP contribution in [0.15, 0.2) is 0 Å². The van der Waals surface area contributed by atoms with Crippen LogP contribution in [0.1, 0.15) is 59.3 Å². The Bertz CT molecular complexity index is 363. The van der Waals surface area contributed by atoms with Crippen molar-refractivity contribution in [1.82, 2.24) is 10.6 Å². The van der Waals surface area contributed by atoms with Crippen LogP contribution in [0.5, 0.6) is 0 Å². The van der Waals surface area contributed by atoms with E-state index < -0.39 is 12.1 Å². The van der Waals surface area contributed by atoms with E-state index in [1.807, 2.05) is 13.8 Å². The van der Waals surface area contributed by atoms with Crippen LogP contribution in [0, 0.1) is 11.8 Å². The van der Waals surface area contributed by atoms with E-state index in [1.165, 1.54) is 13.3 Å². The van der Waals surface area contributed by atoms with Gasteiger partial charge in [0.1, 0.15) is 12.3 Å². The number of hydrogen-bond donors (Lipinski definition) is 2. The van der Waals surface area contributed by atoms with Crippen molar-refractivity contribution in [1.29, 1.82) is 0 Å². The first-order valence-corrected chi connectivity index (χ1v) is 7.96. The third kappa shape index (κ3) is 6.27. The molecule has 0 saturated heterocycles. The average molecular weight is 296 g/mol. The zero-order chi connectivity index (χ0) is 15.8. The smallest absolute Gasteiger partial charge is 0.243 e. The molecule has 0 aliphatic heterocycles. The van der Waals surface area contributed by atoms with E-state index in [-0.39, 0.29) is 23.7 Å². The van der Waals surface area contributed by atoms with Gasteiger partial charge in [-0.25, -0.2) is 0 Å². The molecule has 0 aromatic rings. The molecule has 0 unspecified atom stereocenters. The lowest BCUT2D eigenvalue weighted by Gasteiger charge is -2.29. The Morgan fingerprint density at radius 2 is 1.76 bits per heavy atom. The Balaban J connectivity index is 2.63. The van der Waals surface area contributed by atoms with E-state index in [0.29, 0.717) is 6.42 Å². The maximum Gasteiger partial charge on any atom is 0.243 e. The first-order chi connectivity index (χ1) is 9.93. The molecular weight excluding hydrogens is 268 g/mol. The minimum Gasteiger partial charge on any atom is -0.345 e. The number of amides is 2. The predicted octanol–water partition coefficient (Wildman–Crippen LogP) is 1.80. The second-order valence-corrected chi connectivity index (χ2v) is 6.45. The number of rotatable bonds is 7. The van der Waals surface area contributed by atoms with Gasteiger partial charge in [-0.05, 0) is 31.1 Å². The van der Waals surface area contributed by atoms with Gasteiger partial charge in [0.2, 0.25) is 11.8 Å². The Morgan fingerprint density at radius 3 is 2.24 bits per heavy atom. The highest BCUT2D eigenvalue weighted by Gasteiger charge is 2.28. The Hall–Kier alpha value is -1.39. The molecule has 120 valence electrons. The van der Waals surface area contributed by atoms with E-state index in [1.54, 1.807) is 0 Å². The van der Waals surface area contributed by atoms with Gasteiger partial charge in [-0.3, -0.25) is 9.59 Å². The van der Waals surface area contributed by atoms with E-state index in [9.17, 15) is 14.4 Å². The standard InChI is InChI=1S/C16H28N2O3/c1-11(2)9-14(17-12(3)20)16(21)18-15(10-19)13-7-5-4-6-8-13/h10-11,13-15H,4-9H2,1-3H3,(H,17,20)(H,18,21)/t14-,15+/m0/s1. The Morgan fingerprint density at radius 1 is 1.14 bits per heavy atom. The minimum atomic E-state index is -0.562. The summed E-state index contributed by atoms with van der Waals surface area (Å²) in [5.41, 5.74) is 0. The fourth-order valence-electron chi connectivity index (χ4n) is 2.97. The Kier molecular flexibility index (Phi) is 7.40. The van der Waals surface area contributed by atoms with Crippen molar-refractivity contribution in [2.75, 3.05) is 0 Å². The number of carbonyl (C=O) groups is 3. The molecule has 0 radical (unpaired) electrons. The van der Waals surface area contributed by atoms with Crippen molar-refractivity contribution in [3.8, 4) is 0 Å². The molecule has 0 spiro atoms. The van der Waals surface area contributed by atoms with Gasteiger partial charge in [-0.1, -0.05) is 33.1 Å². The van der Waals surface area contributed by atoms with Crippen molar-refractivity contribution in [2.45, 2.75) is 71.4 Å².